The third-order valence-electron chi connectivity index (χ3n) is 4.29. The van der Waals surface area contributed by atoms with Crippen LogP contribution in [0, 0.1) is 25.2 Å². The molecule has 2 aromatic rings. The summed E-state index contributed by atoms with van der Waals surface area (Å²) in [5.41, 5.74) is 1.29. The van der Waals surface area contributed by atoms with Crippen LogP contribution < -0.4 is 4.90 Å². The van der Waals surface area contributed by atoms with E-state index in [9.17, 15) is 0 Å². The first-order valence-corrected chi connectivity index (χ1v) is 8.02. The third-order valence-corrected chi connectivity index (χ3v) is 5.41. The standard InChI is InChI=1S/C15H19N5S/c1-10(8-16)19-4-6-20(7-5-19)14-13-11(2)12(3)21-15(13)18-9-17-14/h9-10H,4-7H2,1-3H3. The molecule has 0 aliphatic carbocycles. The zero-order chi connectivity index (χ0) is 15.0. The van der Waals surface area contributed by atoms with E-state index in [1.807, 2.05) is 6.92 Å². The van der Waals surface area contributed by atoms with E-state index in [0.29, 0.717) is 0 Å². The number of rotatable bonds is 2. The Morgan fingerprint density at radius 1 is 1.24 bits per heavy atom. The van der Waals surface area contributed by atoms with Crippen molar-refractivity contribution >= 4 is 27.4 Å². The van der Waals surface area contributed by atoms with Crippen LogP contribution in [0.3, 0.4) is 0 Å². The van der Waals surface area contributed by atoms with Crippen LogP contribution in [0.2, 0.25) is 0 Å². The lowest BCUT2D eigenvalue weighted by Crippen LogP contribution is -2.49. The van der Waals surface area contributed by atoms with Gasteiger partial charge in [-0.2, -0.15) is 5.26 Å². The number of aryl methyl sites for hydroxylation is 2. The van der Waals surface area contributed by atoms with Gasteiger partial charge in [0.15, 0.2) is 0 Å². The van der Waals surface area contributed by atoms with Crippen LogP contribution in [0.4, 0.5) is 5.82 Å². The lowest BCUT2D eigenvalue weighted by atomic mass is 10.2. The van der Waals surface area contributed by atoms with Gasteiger partial charge in [-0.05, 0) is 26.3 Å². The van der Waals surface area contributed by atoms with Crippen LogP contribution in [0.25, 0.3) is 10.2 Å². The molecule has 1 saturated heterocycles. The molecule has 110 valence electrons. The van der Waals surface area contributed by atoms with Crippen LogP contribution in [0.5, 0.6) is 0 Å². The minimum atomic E-state index is -0.0114. The third kappa shape index (κ3) is 2.47. The minimum absolute atomic E-state index is 0.0114. The molecule has 0 N–H and O–H groups in total. The van der Waals surface area contributed by atoms with Crippen molar-refractivity contribution in [1.82, 2.24) is 14.9 Å². The molecule has 0 spiro atoms. The number of nitriles is 1. The normalized spacial score (nSPS) is 17.9. The Balaban J connectivity index is 1.88. The highest BCUT2D eigenvalue weighted by Crippen LogP contribution is 2.34. The number of thiophene rings is 1. The lowest BCUT2D eigenvalue weighted by molar-refractivity contribution is 0.231. The molecule has 0 bridgehead atoms. The van der Waals surface area contributed by atoms with E-state index in [4.69, 9.17) is 5.26 Å². The summed E-state index contributed by atoms with van der Waals surface area (Å²) in [6.45, 7) is 9.88. The number of piperazine rings is 1. The molecule has 3 rings (SSSR count). The summed E-state index contributed by atoms with van der Waals surface area (Å²) >= 11 is 1.73. The topological polar surface area (TPSA) is 56.1 Å². The fourth-order valence-electron chi connectivity index (χ4n) is 2.81. The average Bonchev–Trinajstić information content (AvgIpc) is 2.81. The molecule has 0 aromatic carbocycles. The van der Waals surface area contributed by atoms with Gasteiger partial charge in [-0.25, -0.2) is 9.97 Å². The van der Waals surface area contributed by atoms with E-state index in [0.717, 1.165) is 36.8 Å². The van der Waals surface area contributed by atoms with Crippen LogP contribution in [-0.2, 0) is 0 Å². The zero-order valence-corrected chi connectivity index (χ0v) is 13.4. The summed E-state index contributed by atoms with van der Waals surface area (Å²) in [5.74, 6) is 1.05. The van der Waals surface area contributed by atoms with Crippen LogP contribution in [0.15, 0.2) is 6.33 Å². The predicted octanol–water partition coefficient (Wildman–Crippen LogP) is 2.34. The number of aromatic nitrogens is 2. The average molecular weight is 301 g/mol. The Kier molecular flexibility index (Phi) is 3.79. The van der Waals surface area contributed by atoms with Crippen LogP contribution in [0.1, 0.15) is 17.4 Å². The lowest BCUT2D eigenvalue weighted by Gasteiger charge is -2.36. The van der Waals surface area contributed by atoms with Crippen molar-refractivity contribution in [3.63, 3.8) is 0 Å². The van der Waals surface area contributed by atoms with Gasteiger partial charge in [0.1, 0.15) is 17.0 Å². The SMILES string of the molecule is Cc1sc2ncnc(N3CCN(C(C)C#N)CC3)c2c1C. The summed E-state index contributed by atoms with van der Waals surface area (Å²) in [6.07, 6.45) is 1.66. The summed E-state index contributed by atoms with van der Waals surface area (Å²) in [4.78, 5) is 15.9. The molecule has 2 aromatic heterocycles. The number of nitrogens with zero attached hydrogens (tertiary/aromatic N) is 5. The fraction of sp³-hybridized carbons (Fsp3) is 0.533. The van der Waals surface area contributed by atoms with Gasteiger partial charge < -0.3 is 4.90 Å². The van der Waals surface area contributed by atoms with Gasteiger partial charge in [0.2, 0.25) is 0 Å². The number of anilines is 1. The van der Waals surface area contributed by atoms with Gasteiger partial charge >= 0.3 is 0 Å². The van der Waals surface area contributed by atoms with Gasteiger partial charge in [-0.3, -0.25) is 4.90 Å². The van der Waals surface area contributed by atoms with Gasteiger partial charge in [-0.15, -0.1) is 11.3 Å². The minimum Gasteiger partial charge on any atom is -0.353 e. The summed E-state index contributed by atoms with van der Waals surface area (Å²) in [7, 11) is 0. The molecule has 21 heavy (non-hydrogen) atoms. The van der Waals surface area contributed by atoms with Crippen LogP contribution >= 0.6 is 11.3 Å². The molecule has 1 atom stereocenters. The molecule has 1 unspecified atom stereocenters. The van der Waals surface area contributed by atoms with E-state index in [-0.39, 0.29) is 6.04 Å². The molecule has 0 saturated carbocycles. The molecule has 1 aliphatic rings. The summed E-state index contributed by atoms with van der Waals surface area (Å²) in [5, 5.41) is 10.2. The second kappa shape index (κ2) is 5.58. The molecular weight excluding hydrogens is 282 g/mol. The van der Waals surface area contributed by atoms with Gasteiger partial charge in [0.25, 0.3) is 0 Å². The van der Waals surface area contributed by atoms with E-state index in [1.54, 1.807) is 17.7 Å². The quantitative estimate of drug-likeness (QED) is 0.852. The largest absolute Gasteiger partial charge is 0.353 e. The second-order valence-electron chi connectivity index (χ2n) is 5.49. The Labute approximate surface area is 128 Å². The maximum absolute atomic E-state index is 9.03. The van der Waals surface area contributed by atoms with E-state index >= 15 is 0 Å². The Bertz CT molecular complexity index is 694. The fourth-order valence-corrected chi connectivity index (χ4v) is 3.80. The van der Waals surface area contributed by atoms with Gasteiger partial charge in [0.05, 0.1) is 17.5 Å². The summed E-state index contributed by atoms with van der Waals surface area (Å²) in [6, 6.07) is 2.30. The summed E-state index contributed by atoms with van der Waals surface area (Å²) < 4.78 is 0. The Morgan fingerprint density at radius 3 is 2.62 bits per heavy atom. The molecule has 1 aliphatic heterocycles. The van der Waals surface area contributed by atoms with Crippen molar-refractivity contribution in [3.8, 4) is 6.07 Å². The first-order chi connectivity index (χ1) is 10.1. The van der Waals surface area contributed by atoms with Crippen molar-refractivity contribution in [2.45, 2.75) is 26.8 Å². The monoisotopic (exact) mass is 301 g/mol. The van der Waals surface area contributed by atoms with Crippen molar-refractivity contribution in [2.24, 2.45) is 0 Å². The number of hydrogen-bond donors (Lipinski definition) is 0. The van der Waals surface area contributed by atoms with Crippen molar-refractivity contribution in [2.75, 3.05) is 31.1 Å². The highest BCUT2D eigenvalue weighted by atomic mass is 32.1. The van der Waals surface area contributed by atoms with Crippen molar-refractivity contribution in [1.29, 1.82) is 5.26 Å². The number of hydrogen-bond acceptors (Lipinski definition) is 6. The van der Waals surface area contributed by atoms with Crippen molar-refractivity contribution < 1.29 is 0 Å². The smallest absolute Gasteiger partial charge is 0.141 e. The molecule has 0 radical (unpaired) electrons. The molecular formula is C15H19N5S. The second-order valence-corrected chi connectivity index (χ2v) is 6.69. The first-order valence-electron chi connectivity index (χ1n) is 7.21. The highest BCUT2D eigenvalue weighted by Gasteiger charge is 2.24. The van der Waals surface area contributed by atoms with Gasteiger partial charge in [-0.1, -0.05) is 0 Å². The highest BCUT2D eigenvalue weighted by molar-refractivity contribution is 7.18. The Morgan fingerprint density at radius 2 is 1.95 bits per heavy atom. The van der Waals surface area contributed by atoms with Crippen molar-refractivity contribution in [3.05, 3.63) is 16.8 Å². The first kappa shape index (κ1) is 14.2. The molecule has 1 fully saturated rings. The number of fused-ring (bicyclic) bond motifs is 1. The van der Waals surface area contributed by atoms with E-state index < -0.39 is 0 Å². The van der Waals surface area contributed by atoms with E-state index in [1.165, 1.54) is 15.8 Å². The zero-order valence-electron chi connectivity index (χ0n) is 12.6. The molecule has 5 nitrogen and oxygen atoms in total. The Hall–Kier alpha value is -1.71. The molecule has 6 heteroatoms. The molecule has 0 amide bonds. The van der Waals surface area contributed by atoms with Gasteiger partial charge in [0, 0.05) is 31.1 Å². The molecule has 3 heterocycles. The maximum atomic E-state index is 9.03. The van der Waals surface area contributed by atoms with E-state index in [2.05, 4.69) is 39.7 Å². The predicted molar refractivity (Wildman–Crippen MR) is 85.8 cm³/mol. The maximum Gasteiger partial charge on any atom is 0.141 e. The van der Waals surface area contributed by atoms with Crippen LogP contribution in [-0.4, -0.2) is 47.1 Å².